The second kappa shape index (κ2) is 8.77. The molecule has 1 amide bonds. The fourth-order valence-corrected chi connectivity index (χ4v) is 3.03. The highest BCUT2D eigenvalue weighted by molar-refractivity contribution is 5.91. The zero-order chi connectivity index (χ0) is 18.2. The fraction of sp³-hybridized carbons (Fsp3) is 0.300. The molecule has 0 unspecified atom stereocenters. The van der Waals surface area contributed by atoms with Crippen molar-refractivity contribution < 1.29 is 4.79 Å². The average Bonchev–Trinajstić information content (AvgIpc) is 2.72. The molecule has 1 aromatic carbocycles. The zero-order valence-electron chi connectivity index (χ0n) is 14.5. The van der Waals surface area contributed by atoms with E-state index in [4.69, 9.17) is 5.26 Å². The highest BCUT2D eigenvalue weighted by atomic mass is 16.1. The summed E-state index contributed by atoms with van der Waals surface area (Å²) in [6.07, 6.45) is 8.43. The SMILES string of the molecule is N#Cc1nccnc1N1CCC(CNC(=O)/C=C/c2ccccc2)CC1. The van der Waals surface area contributed by atoms with E-state index in [1.807, 2.05) is 36.4 Å². The Bertz CT molecular complexity index is 804. The van der Waals surface area contributed by atoms with Crippen molar-refractivity contribution in [1.82, 2.24) is 15.3 Å². The van der Waals surface area contributed by atoms with E-state index in [9.17, 15) is 4.79 Å². The van der Waals surface area contributed by atoms with Crippen LogP contribution in [0, 0.1) is 17.2 Å². The van der Waals surface area contributed by atoms with Crippen LogP contribution in [0.1, 0.15) is 24.1 Å². The number of nitriles is 1. The number of amides is 1. The summed E-state index contributed by atoms with van der Waals surface area (Å²) in [5.41, 5.74) is 1.37. The number of benzene rings is 1. The molecule has 1 aromatic heterocycles. The molecule has 0 spiro atoms. The monoisotopic (exact) mass is 347 g/mol. The summed E-state index contributed by atoms with van der Waals surface area (Å²) in [7, 11) is 0. The van der Waals surface area contributed by atoms with Gasteiger partial charge in [-0.2, -0.15) is 5.26 Å². The molecule has 6 heteroatoms. The van der Waals surface area contributed by atoms with Gasteiger partial charge >= 0.3 is 0 Å². The summed E-state index contributed by atoms with van der Waals surface area (Å²) >= 11 is 0. The first-order chi connectivity index (χ1) is 12.8. The number of hydrogen-bond donors (Lipinski definition) is 1. The number of aromatic nitrogens is 2. The summed E-state index contributed by atoms with van der Waals surface area (Å²) in [5, 5.41) is 12.1. The molecule has 1 aliphatic heterocycles. The van der Waals surface area contributed by atoms with Crippen molar-refractivity contribution in [1.29, 1.82) is 5.26 Å². The Kier molecular flexibility index (Phi) is 5.94. The highest BCUT2D eigenvalue weighted by Crippen LogP contribution is 2.22. The van der Waals surface area contributed by atoms with E-state index in [1.54, 1.807) is 12.3 Å². The molecule has 0 saturated carbocycles. The number of piperidine rings is 1. The Hall–Kier alpha value is -3.20. The molecule has 0 atom stereocenters. The molecular weight excluding hydrogens is 326 g/mol. The summed E-state index contributed by atoms with van der Waals surface area (Å²) in [6.45, 7) is 2.29. The van der Waals surface area contributed by atoms with Crippen molar-refractivity contribution in [3.05, 3.63) is 60.1 Å². The van der Waals surface area contributed by atoms with Crippen LogP contribution in [0.3, 0.4) is 0 Å². The molecule has 0 radical (unpaired) electrons. The lowest BCUT2D eigenvalue weighted by molar-refractivity contribution is -0.116. The van der Waals surface area contributed by atoms with Gasteiger partial charge in [0.05, 0.1) is 0 Å². The van der Waals surface area contributed by atoms with Crippen molar-refractivity contribution in [2.24, 2.45) is 5.92 Å². The minimum absolute atomic E-state index is 0.0722. The van der Waals surface area contributed by atoms with Gasteiger partial charge in [0, 0.05) is 38.1 Å². The van der Waals surface area contributed by atoms with E-state index in [1.165, 1.54) is 6.20 Å². The third kappa shape index (κ3) is 4.67. The number of rotatable bonds is 5. The van der Waals surface area contributed by atoms with Crippen LogP contribution in [-0.4, -0.2) is 35.5 Å². The molecule has 3 rings (SSSR count). The number of carbonyl (C=O) groups is 1. The second-order valence-electron chi connectivity index (χ2n) is 6.26. The average molecular weight is 347 g/mol. The van der Waals surface area contributed by atoms with Gasteiger partial charge in [0.25, 0.3) is 0 Å². The largest absolute Gasteiger partial charge is 0.354 e. The van der Waals surface area contributed by atoms with Crippen LogP contribution in [0.15, 0.2) is 48.8 Å². The first kappa shape index (κ1) is 17.6. The lowest BCUT2D eigenvalue weighted by Crippen LogP contribution is -2.39. The summed E-state index contributed by atoms with van der Waals surface area (Å²) < 4.78 is 0. The lowest BCUT2D eigenvalue weighted by atomic mass is 9.96. The van der Waals surface area contributed by atoms with Gasteiger partial charge in [-0.25, -0.2) is 9.97 Å². The van der Waals surface area contributed by atoms with Gasteiger partial charge in [0.2, 0.25) is 5.91 Å². The van der Waals surface area contributed by atoms with Crippen LogP contribution < -0.4 is 10.2 Å². The van der Waals surface area contributed by atoms with E-state index in [-0.39, 0.29) is 5.91 Å². The van der Waals surface area contributed by atoms with E-state index in [0.29, 0.717) is 24.0 Å². The van der Waals surface area contributed by atoms with Crippen LogP contribution in [0.5, 0.6) is 0 Å². The number of carbonyl (C=O) groups excluding carboxylic acids is 1. The van der Waals surface area contributed by atoms with Crippen molar-refractivity contribution in [3.8, 4) is 6.07 Å². The maximum atomic E-state index is 12.0. The van der Waals surface area contributed by atoms with Crippen LogP contribution in [0.25, 0.3) is 6.08 Å². The molecule has 26 heavy (non-hydrogen) atoms. The fourth-order valence-electron chi connectivity index (χ4n) is 3.03. The van der Waals surface area contributed by atoms with E-state index in [2.05, 4.69) is 26.3 Å². The van der Waals surface area contributed by atoms with Crippen molar-refractivity contribution in [3.63, 3.8) is 0 Å². The highest BCUT2D eigenvalue weighted by Gasteiger charge is 2.22. The summed E-state index contributed by atoms with van der Waals surface area (Å²) in [4.78, 5) is 22.4. The molecule has 1 aliphatic rings. The molecular formula is C20H21N5O. The molecule has 1 N–H and O–H groups in total. The smallest absolute Gasteiger partial charge is 0.244 e. The Morgan fingerprint density at radius 2 is 1.96 bits per heavy atom. The van der Waals surface area contributed by atoms with Gasteiger partial charge in [0.1, 0.15) is 6.07 Å². The number of hydrogen-bond acceptors (Lipinski definition) is 5. The molecule has 2 heterocycles. The predicted molar refractivity (Wildman–Crippen MR) is 100 cm³/mol. The minimum Gasteiger partial charge on any atom is -0.354 e. The molecule has 132 valence electrons. The third-order valence-corrected chi connectivity index (χ3v) is 4.49. The maximum Gasteiger partial charge on any atom is 0.244 e. The quantitative estimate of drug-likeness (QED) is 0.840. The Morgan fingerprint density at radius 1 is 1.23 bits per heavy atom. The van der Waals surface area contributed by atoms with Crippen LogP contribution in [-0.2, 0) is 4.79 Å². The normalized spacial score (nSPS) is 15.0. The zero-order valence-corrected chi connectivity index (χ0v) is 14.5. The minimum atomic E-state index is -0.0722. The van der Waals surface area contributed by atoms with Gasteiger partial charge < -0.3 is 10.2 Å². The molecule has 1 saturated heterocycles. The van der Waals surface area contributed by atoms with Crippen LogP contribution >= 0.6 is 0 Å². The van der Waals surface area contributed by atoms with Crippen LogP contribution in [0.2, 0.25) is 0 Å². The van der Waals surface area contributed by atoms with Gasteiger partial charge in [-0.15, -0.1) is 0 Å². The molecule has 0 bridgehead atoms. The first-order valence-electron chi connectivity index (χ1n) is 8.73. The predicted octanol–water partition coefficient (Wildman–Crippen LogP) is 2.39. The van der Waals surface area contributed by atoms with E-state index >= 15 is 0 Å². The van der Waals surface area contributed by atoms with Crippen molar-refractivity contribution in [2.75, 3.05) is 24.5 Å². The lowest BCUT2D eigenvalue weighted by Gasteiger charge is -2.32. The summed E-state index contributed by atoms with van der Waals surface area (Å²) in [6, 6.07) is 11.8. The molecule has 2 aromatic rings. The Balaban J connectivity index is 1.45. The standard InChI is InChI=1S/C20H21N5O/c21-14-18-20(23-11-10-22-18)25-12-8-17(9-13-25)15-24-19(26)7-6-16-4-2-1-3-5-16/h1-7,10-11,17H,8-9,12-13,15H2,(H,24,26)/b7-6+. The third-order valence-electron chi connectivity index (χ3n) is 4.49. The van der Waals surface area contributed by atoms with Gasteiger partial charge in [-0.1, -0.05) is 30.3 Å². The van der Waals surface area contributed by atoms with E-state index < -0.39 is 0 Å². The molecule has 1 fully saturated rings. The summed E-state index contributed by atoms with van der Waals surface area (Å²) in [5.74, 6) is 1.02. The number of nitrogens with one attached hydrogen (secondary N) is 1. The van der Waals surface area contributed by atoms with Crippen molar-refractivity contribution >= 4 is 17.8 Å². The Morgan fingerprint density at radius 3 is 2.69 bits per heavy atom. The molecule has 6 nitrogen and oxygen atoms in total. The Labute approximate surface area is 153 Å². The number of anilines is 1. The molecule has 0 aliphatic carbocycles. The van der Waals surface area contributed by atoms with Crippen LogP contribution in [0.4, 0.5) is 5.82 Å². The van der Waals surface area contributed by atoms with E-state index in [0.717, 1.165) is 31.5 Å². The first-order valence-corrected chi connectivity index (χ1v) is 8.73. The van der Waals surface area contributed by atoms with Gasteiger partial charge in [-0.05, 0) is 30.4 Å². The van der Waals surface area contributed by atoms with Gasteiger partial charge in [-0.3, -0.25) is 4.79 Å². The topological polar surface area (TPSA) is 81.9 Å². The van der Waals surface area contributed by atoms with Gasteiger partial charge in [0.15, 0.2) is 11.5 Å². The van der Waals surface area contributed by atoms with Crippen molar-refractivity contribution in [2.45, 2.75) is 12.8 Å². The maximum absolute atomic E-state index is 12.0. The second-order valence-corrected chi connectivity index (χ2v) is 6.26. The number of nitrogens with zero attached hydrogens (tertiary/aromatic N) is 4.